The van der Waals surface area contributed by atoms with E-state index < -0.39 is 0 Å². The van der Waals surface area contributed by atoms with Gasteiger partial charge in [-0.3, -0.25) is 4.79 Å². The average Bonchev–Trinajstić information content (AvgIpc) is 2.09. The summed E-state index contributed by atoms with van der Waals surface area (Å²) in [7, 11) is 0. The molecule has 0 aromatic carbocycles. The summed E-state index contributed by atoms with van der Waals surface area (Å²) >= 11 is 0. The van der Waals surface area contributed by atoms with Crippen LogP contribution in [-0.2, 0) is 9.53 Å². The number of esters is 1. The molecule has 0 aliphatic rings. The third kappa shape index (κ3) is 10.6. The molecule has 0 saturated carbocycles. The van der Waals surface area contributed by atoms with Crippen molar-refractivity contribution in [2.24, 2.45) is 11.8 Å². The fourth-order valence-corrected chi connectivity index (χ4v) is 1.93. The van der Waals surface area contributed by atoms with Crippen molar-refractivity contribution in [2.45, 2.75) is 60.5 Å². The zero-order chi connectivity index (χ0) is 14.3. The Morgan fingerprint density at radius 2 is 1.50 bits per heavy atom. The van der Waals surface area contributed by atoms with Crippen LogP contribution in [0.3, 0.4) is 0 Å². The van der Waals surface area contributed by atoms with Gasteiger partial charge in [0.1, 0.15) is 5.60 Å². The molecule has 3 nitrogen and oxygen atoms in total. The minimum absolute atomic E-state index is 0.0972. The van der Waals surface area contributed by atoms with E-state index in [0.29, 0.717) is 18.3 Å². The molecule has 0 amide bonds. The predicted octanol–water partition coefficient (Wildman–Crippen LogP) is 3.33. The van der Waals surface area contributed by atoms with E-state index in [9.17, 15) is 4.79 Å². The molecule has 0 rings (SSSR count). The zero-order valence-electron chi connectivity index (χ0n) is 13.2. The van der Waals surface area contributed by atoms with E-state index in [0.717, 1.165) is 19.6 Å². The number of carbonyl (C=O) groups is 1. The third-order valence-electron chi connectivity index (χ3n) is 2.30. The first-order valence-electron chi connectivity index (χ1n) is 7.04. The van der Waals surface area contributed by atoms with Gasteiger partial charge in [-0.25, -0.2) is 0 Å². The zero-order valence-corrected chi connectivity index (χ0v) is 13.2. The molecule has 0 radical (unpaired) electrons. The lowest BCUT2D eigenvalue weighted by Gasteiger charge is -2.26. The molecule has 0 unspecified atom stereocenters. The summed E-state index contributed by atoms with van der Waals surface area (Å²) in [6, 6.07) is 0. The van der Waals surface area contributed by atoms with Gasteiger partial charge in [0.2, 0.25) is 0 Å². The molecule has 0 heterocycles. The molecule has 0 aliphatic carbocycles. The van der Waals surface area contributed by atoms with E-state index in [1.165, 1.54) is 0 Å². The Balaban J connectivity index is 4.13. The number of carbonyl (C=O) groups excluding carboxylic acids is 1. The lowest BCUT2D eigenvalue weighted by atomic mass is 10.1. The fourth-order valence-electron chi connectivity index (χ4n) is 1.93. The van der Waals surface area contributed by atoms with Crippen molar-refractivity contribution in [1.29, 1.82) is 0 Å². The SMILES string of the molecule is CC(C)CN(CCC(=O)OC(C)(C)C)CC(C)C. The standard InChI is InChI=1S/C15H31NO2/c1-12(2)10-16(11-13(3)4)9-8-14(17)18-15(5,6)7/h12-13H,8-11H2,1-7H3. The van der Waals surface area contributed by atoms with Gasteiger partial charge < -0.3 is 9.64 Å². The van der Waals surface area contributed by atoms with Crippen molar-refractivity contribution in [3.05, 3.63) is 0 Å². The monoisotopic (exact) mass is 257 g/mol. The maximum absolute atomic E-state index is 11.7. The van der Waals surface area contributed by atoms with E-state index in [-0.39, 0.29) is 11.6 Å². The number of ether oxygens (including phenoxy) is 1. The molecule has 0 atom stereocenters. The number of rotatable bonds is 7. The van der Waals surface area contributed by atoms with Crippen molar-refractivity contribution >= 4 is 5.97 Å². The summed E-state index contributed by atoms with van der Waals surface area (Å²) < 4.78 is 5.33. The summed E-state index contributed by atoms with van der Waals surface area (Å²) in [6.45, 7) is 17.4. The summed E-state index contributed by atoms with van der Waals surface area (Å²) in [5.74, 6) is 1.16. The summed E-state index contributed by atoms with van der Waals surface area (Å²) in [6.07, 6.45) is 0.483. The summed E-state index contributed by atoms with van der Waals surface area (Å²) in [5, 5.41) is 0. The second-order valence-electron chi connectivity index (χ2n) is 6.88. The highest BCUT2D eigenvalue weighted by Crippen LogP contribution is 2.10. The Bertz CT molecular complexity index is 231. The highest BCUT2D eigenvalue weighted by atomic mass is 16.6. The van der Waals surface area contributed by atoms with Crippen LogP contribution in [0.15, 0.2) is 0 Å². The lowest BCUT2D eigenvalue weighted by Crippen LogP contribution is -2.34. The first kappa shape index (κ1) is 17.4. The normalized spacial score (nSPS) is 12.6. The van der Waals surface area contributed by atoms with Crippen molar-refractivity contribution in [3.8, 4) is 0 Å². The fraction of sp³-hybridized carbons (Fsp3) is 0.933. The van der Waals surface area contributed by atoms with E-state index in [4.69, 9.17) is 4.74 Å². The molecule has 0 spiro atoms. The van der Waals surface area contributed by atoms with E-state index in [2.05, 4.69) is 32.6 Å². The molecule has 3 heteroatoms. The first-order valence-corrected chi connectivity index (χ1v) is 7.04. The van der Waals surface area contributed by atoms with Crippen molar-refractivity contribution in [1.82, 2.24) is 4.90 Å². The van der Waals surface area contributed by atoms with Gasteiger partial charge in [0, 0.05) is 19.6 Å². The van der Waals surface area contributed by atoms with Gasteiger partial charge in [-0.15, -0.1) is 0 Å². The molecule has 0 aromatic heterocycles. The minimum Gasteiger partial charge on any atom is -0.460 e. The molecular formula is C15H31NO2. The maximum Gasteiger partial charge on any atom is 0.307 e. The van der Waals surface area contributed by atoms with E-state index >= 15 is 0 Å². The van der Waals surface area contributed by atoms with Crippen LogP contribution >= 0.6 is 0 Å². The Labute approximate surface area is 113 Å². The Morgan fingerprint density at radius 1 is 1.06 bits per heavy atom. The second-order valence-corrected chi connectivity index (χ2v) is 6.88. The molecule has 0 saturated heterocycles. The molecule has 0 N–H and O–H groups in total. The van der Waals surface area contributed by atoms with Gasteiger partial charge in [0.05, 0.1) is 6.42 Å². The number of nitrogens with zero attached hydrogens (tertiary/aromatic N) is 1. The first-order chi connectivity index (χ1) is 8.10. The van der Waals surface area contributed by atoms with Crippen LogP contribution in [0.1, 0.15) is 54.9 Å². The van der Waals surface area contributed by atoms with Crippen LogP contribution in [0, 0.1) is 11.8 Å². The van der Waals surface area contributed by atoms with Crippen LogP contribution in [0.5, 0.6) is 0 Å². The Morgan fingerprint density at radius 3 is 1.83 bits per heavy atom. The molecule has 0 fully saturated rings. The second kappa shape index (κ2) is 7.78. The Kier molecular flexibility index (Phi) is 7.53. The van der Waals surface area contributed by atoms with Crippen LogP contribution in [0.2, 0.25) is 0 Å². The quantitative estimate of drug-likeness (QED) is 0.655. The minimum atomic E-state index is -0.377. The molecule has 0 aliphatic heterocycles. The van der Waals surface area contributed by atoms with Crippen LogP contribution in [0.25, 0.3) is 0 Å². The van der Waals surface area contributed by atoms with Crippen molar-refractivity contribution in [2.75, 3.05) is 19.6 Å². The summed E-state index contributed by atoms with van der Waals surface area (Å²) in [5.41, 5.74) is -0.377. The largest absolute Gasteiger partial charge is 0.460 e. The smallest absolute Gasteiger partial charge is 0.307 e. The predicted molar refractivity (Wildman–Crippen MR) is 76.6 cm³/mol. The third-order valence-corrected chi connectivity index (χ3v) is 2.30. The molecule has 108 valence electrons. The highest BCUT2D eigenvalue weighted by molar-refractivity contribution is 5.70. The number of hydrogen-bond acceptors (Lipinski definition) is 3. The topological polar surface area (TPSA) is 29.5 Å². The van der Waals surface area contributed by atoms with Crippen LogP contribution in [0.4, 0.5) is 0 Å². The van der Waals surface area contributed by atoms with Crippen molar-refractivity contribution in [3.63, 3.8) is 0 Å². The summed E-state index contributed by atoms with van der Waals surface area (Å²) in [4.78, 5) is 14.0. The molecule has 0 bridgehead atoms. The van der Waals surface area contributed by atoms with Gasteiger partial charge in [0.15, 0.2) is 0 Å². The van der Waals surface area contributed by atoms with E-state index in [1.807, 2.05) is 20.8 Å². The van der Waals surface area contributed by atoms with Gasteiger partial charge in [-0.05, 0) is 32.6 Å². The maximum atomic E-state index is 11.7. The van der Waals surface area contributed by atoms with Gasteiger partial charge >= 0.3 is 5.97 Å². The van der Waals surface area contributed by atoms with Crippen LogP contribution in [-0.4, -0.2) is 36.1 Å². The van der Waals surface area contributed by atoms with Gasteiger partial charge in [-0.2, -0.15) is 0 Å². The van der Waals surface area contributed by atoms with E-state index in [1.54, 1.807) is 0 Å². The molecular weight excluding hydrogens is 226 g/mol. The van der Waals surface area contributed by atoms with Gasteiger partial charge in [-0.1, -0.05) is 27.7 Å². The van der Waals surface area contributed by atoms with Gasteiger partial charge in [0.25, 0.3) is 0 Å². The number of hydrogen-bond donors (Lipinski definition) is 0. The van der Waals surface area contributed by atoms with Crippen LogP contribution < -0.4 is 0 Å². The molecule has 0 aromatic rings. The molecule has 18 heavy (non-hydrogen) atoms. The van der Waals surface area contributed by atoms with Crippen molar-refractivity contribution < 1.29 is 9.53 Å². The Hall–Kier alpha value is -0.570. The highest BCUT2D eigenvalue weighted by Gasteiger charge is 2.17. The lowest BCUT2D eigenvalue weighted by molar-refractivity contribution is -0.155. The average molecular weight is 257 g/mol.